The Kier molecular flexibility index (Phi) is 3.92. The number of benzene rings is 1. The smallest absolute Gasteiger partial charge is 0.225 e. The van der Waals surface area contributed by atoms with Crippen molar-refractivity contribution < 1.29 is 9.53 Å². The highest BCUT2D eigenvalue weighted by molar-refractivity contribution is 5.79. The predicted molar refractivity (Wildman–Crippen MR) is 83.4 cm³/mol. The normalized spacial score (nSPS) is 26.3. The largest absolute Gasteiger partial charge is 0.492 e. The Morgan fingerprint density at radius 3 is 2.38 bits per heavy atom. The molecule has 1 aromatic carbocycles. The number of aryl methyl sites for hydroxylation is 2. The Bertz CT molecular complexity index is 510. The fourth-order valence-electron chi connectivity index (χ4n) is 3.65. The van der Waals surface area contributed by atoms with Crippen LogP contribution in [0, 0.1) is 31.6 Å². The third-order valence-electron chi connectivity index (χ3n) is 4.86. The van der Waals surface area contributed by atoms with Crippen LogP contribution in [0.3, 0.4) is 0 Å². The summed E-state index contributed by atoms with van der Waals surface area (Å²) < 4.78 is 5.79. The highest BCUT2D eigenvalue weighted by atomic mass is 16.5. The van der Waals surface area contributed by atoms with Crippen molar-refractivity contribution in [2.45, 2.75) is 33.1 Å². The molecule has 21 heavy (non-hydrogen) atoms. The van der Waals surface area contributed by atoms with Gasteiger partial charge in [0, 0.05) is 13.0 Å². The van der Waals surface area contributed by atoms with Gasteiger partial charge in [-0.05, 0) is 68.2 Å². The van der Waals surface area contributed by atoms with Crippen molar-refractivity contribution in [2.24, 2.45) is 17.8 Å². The van der Waals surface area contributed by atoms with Crippen LogP contribution in [-0.4, -0.2) is 31.0 Å². The summed E-state index contributed by atoms with van der Waals surface area (Å²) in [5, 5.41) is 0. The molecule has 3 nitrogen and oxygen atoms in total. The number of carbonyl (C=O) groups excluding carboxylic acids is 1. The van der Waals surface area contributed by atoms with Crippen molar-refractivity contribution in [2.75, 3.05) is 20.2 Å². The first-order valence-electron chi connectivity index (χ1n) is 7.99. The molecule has 2 atom stereocenters. The Morgan fingerprint density at radius 1 is 1.14 bits per heavy atom. The monoisotopic (exact) mass is 287 g/mol. The average molecular weight is 287 g/mol. The second-order valence-corrected chi connectivity index (χ2v) is 6.86. The number of rotatable bonds is 5. The summed E-state index contributed by atoms with van der Waals surface area (Å²) in [4.78, 5) is 14.2. The first-order valence-corrected chi connectivity index (χ1v) is 7.99. The SMILES string of the molecule is Cc1cc(C)cc(OCCN(C)C(=O)C2CC3CC3C2)c1. The van der Waals surface area contributed by atoms with Gasteiger partial charge in [0.1, 0.15) is 12.4 Å². The lowest BCUT2D eigenvalue weighted by molar-refractivity contribution is -0.134. The Morgan fingerprint density at radius 2 is 1.76 bits per heavy atom. The summed E-state index contributed by atoms with van der Waals surface area (Å²) in [6.07, 6.45) is 3.60. The van der Waals surface area contributed by atoms with Crippen LogP contribution in [0.4, 0.5) is 0 Å². The molecule has 0 aromatic heterocycles. The van der Waals surface area contributed by atoms with E-state index in [0.29, 0.717) is 19.1 Å². The van der Waals surface area contributed by atoms with Crippen LogP contribution in [-0.2, 0) is 4.79 Å². The van der Waals surface area contributed by atoms with E-state index in [-0.39, 0.29) is 5.92 Å². The Balaban J connectivity index is 1.45. The number of likely N-dealkylation sites (N-methyl/N-ethyl adjacent to an activating group) is 1. The number of ether oxygens (including phenoxy) is 1. The molecule has 2 unspecified atom stereocenters. The maximum atomic E-state index is 12.3. The molecular weight excluding hydrogens is 262 g/mol. The van der Waals surface area contributed by atoms with Crippen LogP contribution in [0.1, 0.15) is 30.4 Å². The lowest BCUT2D eigenvalue weighted by Gasteiger charge is -2.22. The molecule has 0 aliphatic heterocycles. The van der Waals surface area contributed by atoms with Gasteiger partial charge in [-0.3, -0.25) is 4.79 Å². The molecule has 0 spiro atoms. The van der Waals surface area contributed by atoms with E-state index in [0.717, 1.165) is 30.4 Å². The predicted octanol–water partition coefficient (Wildman–Crippen LogP) is 3.19. The van der Waals surface area contributed by atoms with Crippen LogP contribution in [0.15, 0.2) is 18.2 Å². The number of carbonyl (C=O) groups is 1. The van der Waals surface area contributed by atoms with Crippen LogP contribution in [0.2, 0.25) is 0 Å². The zero-order valence-corrected chi connectivity index (χ0v) is 13.3. The number of amides is 1. The van der Waals surface area contributed by atoms with E-state index >= 15 is 0 Å². The summed E-state index contributed by atoms with van der Waals surface area (Å²) in [6, 6.07) is 6.21. The third-order valence-corrected chi connectivity index (χ3v) is 4.86. The van der Waals surface area contributed by atoms with Crippen molar-refractivity contribution >= 4 is 5.91 Å². The maximum absolute atomic E-state index is 12.3. The molecule has 2 fully saturated rings. The Hall–Kier alpha value is -1.51. The van der Waals surface area contributed by atoms with Gasteiger partial charge >= 0.3 is 0 Å². The van der Waals surface area contributed by atoms with E-state index in [1.54, 1.807) is 0 Å². The van der Waals surface area contributed by atoms with E-state index in [2.05, 4.69) is 19.9 Å². The zero-order valence-electron chi connectivity index (χ0n) is 13.3. The lowest BCUT2D eigenvalue weighted by atomic mass is 10.0. The van der Waals surface area contributed by atoms with E-state index in [9.17, 15) is 4.79 Å². The summed E-state index contributed by atoms with van der Waals surface area (Å²) in [5.74, 6) is 3.21. The van der Waals surface area contributed by atoms with Crippen LogP contribution in [0.25, 0.3) is 0 Å². The van der Waals surface area contributed by atoms with Gasteiger partial charge in [-0.1, -0.05) is 6.07 Å². The average Bonchev–Trinajstić information content (AvgIpc) is 3.03. The third kappa shape index (κ3) is 3.39. The minimum atomic E-state index is 0.278. The molecule has 1 aromatic rings. The highest BCUT2D eigenvalue weighted by Gasteiger charge is 2.48. The number of hydrogen-bond acceptors (Lipinski definition) is 2. The van der Waals surface area contributed by atoms with Gasteiger partial charge in [-0.25, -0.2) is 0 Å². The van der Waals surface area contributed by atoms with Gasteiger partial charge in [0.15, 0.2) is 0 Å². The lowest BCUT2D eigenvalue weighted by Crippen LogP contribution is -2.35. The molecule has 3 heteroatoms. The molecular formula is C18H25NO2. The van der Waals surface area contributed by atoms with Gasteiger partial charge in [0.25, 0.3) is 0 Å². The molecule has 0 bridgehead atoms. The zero-order chi connectivity index (χ0) is 15.0. The van der Waals surface area contributed by atoms with Crippen molar-refractivity contribution in [3.8, 4) is 5.75 Å². The number of nitrogens with zero attached hydrogens (tertiary/aromatic N) is 1. The van der Waals surface area contributed by atoms with Crippen molar-refractivity contribution in [1.82, 2.24) is 4.90 Å². The van der Waals surface area contributed by atoms with E-state index in [1.165, 1.54) is 17.5 Å². The first kappa shape index (κ1) is 14.4. The molecule has 3 rings (SSSR count). The molecule has 2 saturated carbocycles. The molecule has 2 aliphatic carbocycles. The van der Waals surface area contributed by atoms with Gasteiger partial charge in [0.05, 0.1) is 6.54 Å². The molecule has 0 heterocycles. The van der Waals surface area contributed by atoms with Crippen LogP contribution < -0.4 is 4.74 Å². The van der Waals surface area contributed by atoms with Gasteiger partial charge in [0.2, 0.25) is 5.91 Å². The second kappa shape index (κ2) is 5.70. The van der Waals surface area contributed by atoms with Crippen molar-refractivity contribution in [3.63, 3.8) is 0 Å². The number of fused-ring (bicyclic) bond motifs is 1. The topological polar surface area (TPSA) is 29.5 Å². The highest BCUT2D eigenvalue weighted by Crippen LogP contribution is 2.54. The molecule has 0 radical (unpaired) electrons. The standard InChI is InChI=1S/C18H25NO2/c1-12-6-13(2)8-17(7-12)21-5-4-19(3)18(20)16-10-14-9-15(14)11-16/h6-8,14-16H,4-5,9-11H2,1-3H3. The molecule has 0 N–H and O–H groups in total. The minimum absolute atomic E-state index is 0.278. The molecule has 1 amide bonds. The maximum Gasteiger partial charge on any atom is 0.225 e. The molecule has 0 saturated heterocycles. The van der Waals surface area contributed by atoms with E-state index < -0.39 is 0 Å². The van der Waals surface area contributed by atoms with Gasteiger partial charge < -0.3 is 9.64 Å². The van der Waals surface area contributed by atoms with Gasteiger partial charge in [-0.2, -0.15) is 0 Å². The number of hydrogen-bond donors (Lipinski definition) is 0. The summed E-state index contributed by atoms with van der Waals surface area (Å²) in [6.45, 7) is 5.37. The fraction of sp³-hybridized carbons (Fsp3) is 0.611. The summed E-state index contributed by atoms with van der Waals surface area (Å²) in [7, 11) is 1.90. The Labute approximate surface area is 127 Å². The van der Waals surface area contributed by atoms with E-state index in [4.69, 9.17) is 4.74 Å². The van der Waals surface area contributed by atoms with Crippen LogP contribution in [0.5, 0.6) is 5.75 Å². The second-order valence-electron chi connectivity index (χ2n) is 6.86. The minimum Gasteiger partial charge on any atom is -0.492 e. The van der Waals surface area contributed by atoms with Crippen molar-refractivity contribution in [1.29, 1.82) is 0 Å². The van der Waals surface area contributed by atoms with Gasteiger partial charge in [-0.15, -0.1) is 0 Å². The first-order chi connectivity index (χ1) is 10.0. The quantitative estimate of drug-likeness (QED) is 0.832. The molecule has 2 aliphatic rings. The molecule has 114 valence electrons. The summed E-state index contributed by atoms with van der Waals surface area (Å²) in [5.41, 5.74) is 2.42. The summed E-state index contributed by atoms with van der Waals surface area (Å²) >= 11 is 0. The van der Waals surface area contributed by atoms with E-state index in [1.807, 2.05) is 24.1 Å². The fourth-order valence-corrected chi connectivity index (χ4v) is 3.65. The van der Waals surface area contributed by atoms with Crippen LogP contribution >= 0.6 is 0 Å². The van der Waals surface area contributed by atoms with Crippen molar-refractivity contribution in [3.05, 3.63) is 29.3 Å².